The van der Waals surface area contributed by atoms with E-state index < -0.39 is 0 Å². The van der Waals surface area contributed by atoms with Crippen LogP contribution in [0.4, 0.5) is 0 Å². The third-order valence-electron chi connectivity index (χ3n) is 2.25. The average Bonchev–Trinajstić information content (AvgIpc) is 2.70. The first-order chi connectivity index (χ1) is 7.76. The molecule has 1 heterocycles. The summed E-state index contributed by atoms with van der Waals surface area (Å²) < 4.78 is 9.10. The smallest absolute Gasteiger partial charge is 0.148 e. The third-order valence-corrected chi connectivity index (χ3v) is 3.60. The number of benzene rings is 1. The first-order valence-electron chi connectivity index (χ1n) is 4.65. The van der Waals surface area contributed by atoms with E-state index in [2.05, 4.69) is 4.37 Å². The van der Waals surface area contributed by atoms with Crippen molar-refractivity contribution < 1.29 is 9.84 Å². The molecule has 16 heavy (non-hydrogen) atoms. The van der Waals surface area contributed by atoms with Gasteiger partial charge >= 0.3 is 0 Å². The molecule has 5 heteroatoms. The zero-order chi connectivity index (χ0) is 11.5. The molecular weight excluding hydrogens is 246 g/mol. The number of halogens is 1. The zero-order valence-corrected chi connectivity index (χ0v) is 10.2. The van der Waals surface area contributed by atoms with Gasteiger partial charge in [-0.1, -0.05) is 11.6 Å². The molecule has 0 bridgehead atoms. The van der Waals surface area contributed by atoms with Crippen LogP contribution in [0.3, 0.4) is 0 Å². The molecule has 84 valence electrons. The Labute approximate surface area is 102 Å². The number of nitrogens with zero attached hydrogens (tertiary/aromatic N) is 1. The lowest BCUT2D eigenvalue weighted by atomic mass is 10.1. The number of ether oxygens (including phenoxy) is 1. The van der Waals surface area contributed by atoms with Crippen molar-refractivity contribution in [1.82, 2.24) is 4.37 Å². The fourth-order valence-electron chi connectivity index (χ4n) is 1.40. The molecule has 2 rings (SSSR count). The van der Waals surface area contributed by atoms with Gasteiger partial charge in [-0.3, -0.25) is 0 Å². The Balaban J connectivity index is 2.42. The van der Waals surface area contributed by atoms with Crippen LogP contribution < -0.4 is 4.74 Å². The van der Waals surface area contributed by atoms with E-state index in [4.69, 9.17) is 16.3 Å². The molecule has 1 N–H and O–H groups in total. The van der Waals surface area contributed by atoms with Crippen molar-refractivity contribution in [2.45, 2.75) is 6.61 Å². The fraction of sp³-hybridized carbons (Fsp3) is 0.182. The second kappa shape index (κ2) is 4.82. The zero-order valence-electron chi connectivity index (χ0n) is 8.61. The Morgan fingerprint density at radius 1 is 1.38 bits per heavy atom. The minimum absolute atomic E-state index is 0.101. The molecule has 0 spiro atoms. The molecule has 0 aliphatic heterocycles. The summed E-state index contributed by atoms with van der Waals surface area (Å²) in [6.45, 7) is -0.101. The van der Waals surface area contributed by atoms with Crippen LogP contribution in [0.1, 0.15) is 5.56 Å². The summed E-state index contributed by atoms with van der Waals surface area (Å²) >= 11 is 7.15. The van der Waals surface area contributed by atoms with Crippen LogP contribution in [0.25, 0.3) is 10.4 Å². The minimum atomic E-state index is -0.101. The summed E-state index contributed by atoms with van der Waals surface area (Å²) in [7, 11) is 1.62. The molecular formula is C11H10ClNO2S. The molecule has 2 aromatic rings. The van der Waals surface area contributed by atoms with Crippen molar-refractivity contribution in [3.8, 4) is 16.2 Å². The SMILES string of the molecule is COc1ccc(-c2snc(Cl)c2CO)cc1. The van der Waals surface area contributed by atoms with Gasteiger partial charge in [0.05, 0.1) is 18.6 Å². The highest BCUT2D eigenvalue weighted by Crippen LogP contribution is 2.33. The molecule has 1 aromatic carbocycles. The van der Waals surface area contributed by atoms with Gasteiger partial charge in [0.25, 0.3) is 0 Å². The van der Waals surface area contributed by atoms with Crippen LogP contribution in [0.5, 0.6) is 5.75 Å². The first-order valence-corrected chi connectivity index (χ1v) is 5.80. The highest BCUT2D eigenvalue weighted by molar-refractivity contribution is 7.10. The first kappa shape index (κ1) is 11.4. The molecule has 0 radical (unpaired) electrons. The number of hydrogen-bond donors (Lipinski definition) is 1. The maximum atomic E-state index is 9.21. The van der Waals surface area contributed by atoms with Gasteiger partial charge in [0, 0.05) is 5.56 Å². The van der Waals surface area contributed by atoms with E-state index in [1.54, 1.807) is 7.11 Å². The molecule has 0 saturated carbocycles. The van der Waals surface area contributed by atoms with Gasteiger partial charge < -0.3 is 9.84 Å². The third kappa shape index (κ3) is 2.04. The number of rotatable bonds is 3. The second-order valence-corrected chi connectivity index (χ2v) is 4.30. The molecule has 0 amide bonds. The van der Waals surface area contributed by atoms with Gasteiger partial charge in [-0.25, -0.2) is 0 Å². The standard InChI is InChI=1S/C11H10ClNO2S/c1-15-8-4-2-7(3-5-8)10-9(6-14)11(12)13-16-10/h2-5,14H,6H2,1H3. The molecule has 1 aromatic heterocycles. The summed E-state index contributed by atoms with van der Waals surface area (Å²) in [4.78, 5) is 0.898. The predicted octanol–water partition coefficient (Wildman–Crippen LogP) is 2.96. The van der Waals surface area contributed by atoms with E-state index in [9.17, 15) is 5.11 Å². The monoisotopic (exact) mass is 255 g/mol. The van der Waals surface area contributed by atoms with E-state index >= 15 is 0 Å². The van der Waals surface area contributed by atoms with E-state index in [1.807, 2.05) is 24.3 Å². The predicted molar refractivity (Wildman–Crippen MR) is 65.0 cm³/mol. The van der Waals surface area contributed by atoms with Gasteiger partial charge in [0.1, 0.15) is 10.9 Å². The topological polar surface area (TPSA) is 42.4 Å². The van der Waals surface area contributed by atoms with Crippen molar-refractivity contribution >= 4 is 23.1 Å². The van der Waals surface area contributed by atoms with Gasteiger partial charge in [-0.05, 0) is 41.4 Å². The maximum Gasteiger partial charge on any atom is 0.148 e. The highest BCUT2D eigenvalue weighted by Gasteiger charge is 2.12. The quantitative estimate of drug-likeness (QED) is 0.917. The lowest BCUT2D eigenvalue weighted by Gasteiger charge is -2.02. The second-order valence-electron chi connectivity index (χ2n) is 3.17. The molecule has 0 aliphatic carbocycles. The molecule has 0 unspecified atom stereocenters. The summed E-state index contributed by atoms with van der Waals surface area (Å²) in [5.74, 6) is 0.796. The number of hydrogen-bond acceptors (Lipinski definition) is 4. The van der Waals surface area contributed by atoms with Crippen molar-refractivity contribution in [2.24, 2.45) is 0 Å². The van der Waals surface area contributed by atoms with E-state index in [-0.39, 0.29) is 6.61 Å². The van der Waals surface area contributed by atoms with Crippen molar-refractivity contribution in [2.75, 3.05) is 7.11 Å². The van der Waals surface area contributed by atoms with Crippen LogP contribution >= 0.6 is 23.1 Å². The van der Waals surface area contributed by atoms with Crippen LogP contribution in [0, 0.1) is 0 Å². The Bertz CT molecular complexity index is 481. The largest absolute Gasteiger partial charge is 0.497 e. The van der Waals surface area contributed by atoms with E-state index in [0.717, 1.165) is 16.2 Å². The summed E-state index contributed by atoms with van der Waals surface area (Å²) in [5.41, 5.74) is 1.66. The minimum Gasteiger partial charge on any atom is -0.497 e. The Kier molecular flexibility index (Phi) is 3.43. The number of aliphatic hydroxyl groups excluding tert-OH is 1. The van der Waals surface area contributed by atoms with Crippen molar-refractivity contribution in [1.29, 1.82) is 0 Å². The van der Waals surface area contributed by atoms with Crippen LogP contribution in [0.15, 0.2) is 24.3 Å². The molecule has 0 atom stereocenters. The van der Waals surface area contributed by atoms with Crippen LogP contribution in [0.2, 0.25) is 5.15 Å². The van der Waals surface area contributed by atoms with Gasteiger partial charge in [-0.15, -0.1) is 0 Å². The summed E-state index contributed by atoms with van der Waals surface area (Å²) in [6.07, 6.45) is 0. The Morgan fingerprint density at radius 2 is 2.06 bits per heavy atom. The maximum absolute atomic E-state index is 9.21. The average molecular weight is 256 g/mol. The molecule has 0 saturated heterocycles. The van der Waals surface area contributed by atoms with Crippen molar-refractivity contribution in [3.63, 3.8) is 0 Å². The van der Waals surface area contributed by atoms with Crippen LogP contribution in [-0.4, -0.2) is 16.6 Å². The number of methoxy groups -OCH3 is 1. The molecule has 3 nitrogen and oxygen atoms in total. The number of aliphatic hydroxyl groups is 1. The molecule has 0 fully saturated rings. The van der Waals surface area contributed by atoms with Gasteiger partial charge in [0.15, 0.2) is 0 Å². The van der Waals surface area contributed by atoms with Gasteiger partial charge in [0.2, 0.25) is 0 Å². The summed E-state index contributed by atoms with van der Waals surface area (Å²) in [6, 6.07) is 7.57. The lowest BCUT2D eigenvalue weighted by molar-refractivity contribution is 0.282. The molecule has 0 aliphatic rings. The number of aromatic nitrogens is 1. The fourth-order valence-corrected chi connectivity index (χ4v) is 2.50. The Hall–Kier alpha value is -1.10. The lowest BCUT2D eigenvalue weighted by Crippen LogP contribution is -1.85. The summed E-state index contributed by atoms with van der Waals surface area (Å²) in [5, 5.41) is 9.58. The van der Waals surface area contributed by atoms with Gasteiger partial charge in [-0.2, -0.15) is 4.37 Å². The van der Waals surface area contributed by atoms with Crippen LogP contribution in [-0.2, 0) is 6.61 Å². The highest BCUT2D eigenvalue weighted by atomic mass is 35.5. The normalized spacial score (nSPS) is 10.4. The van der Waals surface area contributed by atoms with Crippen molar-refractivity contribution in [3.05, 3.63) is 35.0 Å². The van der Waals surface area contributed by atoms with E-state index in [1.165, 1.54) is 11.5 Å². The Morgan fingerprint density at radius 3 is 2.62 bits per heavy atom. The van der Waals surface area contributed by atoms with E-state index in [0.29, 0.717) is 10.7 Å².